The van der Waals surface area contributed by atoms with Crippen LogP contribution in [0.3, 0.4) is 0 Å². The van der Waals surface area contributed by atoms with Gasteiger partial charge < -0.3 is 14.6 Å². The number of ether oxygens (including phenoxy) is 1. The molecule has 0 aliphatic carbocycles. The lowest BCUT2D eigenvalue weighted by Crippen LogP contribution is -2.20. The fraction of sp³-hybridized carbons (Fsp3) is 0.308. The second-order valence-electron chi connectivity index (χ2n) is 3.77. The van der Waals surface area contributed by atoms with Crippen LogP contribution in [0.4, 0.5) is 0 Å². The SMILES string of the molecule is Cc1cc(CNCCOc2ccccc2)on1. The predicted octanol–water partition coefficient (Wildman–Crippen LogP) is 2.15. The molecule has 4 nitrogen and oxygen atoms in total. The van der Waals surface area contributed by atoms with E-state index in [-0.39, 0.29) is 0 Å². The summed E-state index contributed by atoms with van der Waals surface area (Å²) in [6, 6.07) is 11.7. The Bertz CT molecular complexity index is 440. The summed E-state index contributed by atoms with van der Waals surface area (Å²) in [5.41, 5.74) is 0.905. The van der Waals surface area contributed by atoms with E-state index < -0.39 is 0 Å². The minimum absolute atomic E-state index is 0.636. The molecule has 0 atom stereocenters. The van der Waals surface area contributed by atoms with Crippen LogP contribution >= 0.6 is 0 Å². The van der Waals surface area contributed by atoms with E-state index in [9.17, 15) is 0 Å². The van der Waals surface area contributed by atoms with Gasteiger partial charge in [0.15, 0.2) is 5.76 Å². The summed E-state index contributed by atoms with van der Waals surface area (Å²) in [5, 5.41) is 7.04. The zero-order valence-electron chi connectivity index (χ0n) is 9.85. The van der Waals surface area contributed by atoms with Gasteiger partial charge in [-0.15, -0.1) is 0 Å². The molecule has 0 aliphatic rings. The number of hydrogen-bond acceptors (Lipinski definition) is 4. The van der Waals surface area contributed by atoms with Gasteiger partial charge in [0.2, 0.25) is 0 Å². The smallest absolute Gasteiger partial charge is 0.150 e. The normalized spacial score (nSPS) is 10.4. The molecule has 17 heavy (non-hydrogen) atoms. The van der Waals surface area contributed by atoms with Gasteiger partial charge >= 0.3 is 0 Å². The molecular formula is C13H16N2O2. The number of para-hydroxylation sites is 1. The van der Waals surface area contributed by atoms with Crippen LogP contribution in [0, 0.1) is 6.92 Å². The predicted molar refractivity (Wildman–Crippen MR) is 64.9 cm³/mol. The van der Waals surface area contributed by atoms with Crippen molar-refractivity contribution < 1.29 is 9.26 Å². The first-order valence-corrected chi connectivity index (χ1v) is 5.65. The number of aromatic nitrogens is 1. The van der Waals surface area contributed by atoms with Crippen molar-refractivity contribution in [2.24, 2.45) is 0 Å². The average molecular weight is 232 g/mol. The Balaban J connectivity index is 1.61. The highest BCUT2D eigenvalue weighted by Gasteiger charge is 1.99. The Morgan fingerprint density at radius 1 is 1.29 bits per heavy atom. The number of nitrogens with one attached hydrogen (secondary N) is 1. The fourth-order valence-corrected chi connectivity index (χ4v) is 1.47. The molecule has 0 radical (unpaired) electrons. The maximum Gasteiger partial charge on any atom is 0.150 e. The van der Waals surface area contributed by atoms with Crippen molar-refractivity contribution in [1.29, 1.82) is 0 Å². The van der Waals surface area contributed by atoms with Gasteiger partial charge in [0, 0.05) is 12.6 Å². The first kappa shape index (κ1) is 11.7. The van der Waals surface area contributed by atoms with E-state index in [0.29, 0.717) is 13.2 Å². The average Bonchev–Trinajstić information content (AvgIpc) is 2.76. The van der Waals surface area contributed by atoms with Crippen LogP contribution in [0.2, 0.25) is 0 Å². The minimum atomic E-state index is 0.636. The number of hydrogen-bond donors (Lipinski definition) is 1. The van der Waals surface area contributed by atoms with E-state index in [4.69, 9.17) is 9.26 Å². The molecule has 90 valence electrons. The summed E-state index contributed by atoms with van der Waals surface area (Å²) < 4.78 is 10.6. The third kappa shape index (κ3) is 3.92. The Labute approximate surface area is 101 Å². The quantitative estimate of drug-likeness (QED) is 0.775. The van der Waals surface area contributed by atoms with E-state index in [1.54, 1.807) is 0 Å². The van der Waals surface area contributed by atoms with Crippen LogP contribution in [0.5, 0.6) is 5.75 Å². The van der Waals surface area contributed by atoms with Crippen LogP contribution in [0.25, 0.3) is 0 Å². The van der Waals surface area contributed by atoms with Crippen molar-refractivity contribution in [3.63, 3.8) is 0 Å². The molecule has 0 saturated heterocycles. The van der Waals surface area contributed by atoms with Crippen molar-refractivity contribution in [1.82, 2.24) is 10.5 Å². The first-order valence-electron chi connectivity index (χ1n) is 5.65. The highest BCUT2D eigenvalue weighted by Crippen LogP contribution is 2.07. The zero-order valence-corrected chi connectivity index (χ0v) is 9.85. The van der Waals surface area contributed by atoms with Crippen LogP contribution < -0.4 is 10.1 Å². The molecule has 0 fully saturated rings. The molecular weight excluding hydrogens is 216 g/mol. The second kappa shape index (κ2) is 6.06. The highest BCUT2D eigenvalue weighted by atomic mass is 16.5. The van der Waals surface area contributed by atoms with Crippen LogP contribution in [0.1, 0.15) is 11.5 Å². The summed E-state index contributed by atoms with van der Waals surface area (Å²) >= 11 is 0. The minimum Gasteiger partial charge on any atom is -0.492 e. The molecule has 1 aromatic heterocycles. The standard InChI is InChI=1S/C13H16N2O2/c1-11-9-13(17-15-11)10-14-7-8-16-12-5-3-2-4-6-12/h2-6,9,14H,7-8,10H2,1H3. The number of aryl methyl sites for hydroxylation is 1. The molecule has 0 unspecified atom stereocenters. The lowest BCUT2D eigenvalue weighted by Gasteiger charge is -2.05. The van der Waals surface area contributed by atoms with E-state index >= 15 is 0 Å². The van der Waals surface area contributed by atoms with Gasteiger partial charge in [0.05, 0.1) is 12.2 Å². The lowest BCUT2D eigenvalue weighted by molar-refractivity contribution is 0.306. The maximum atomic E-state index is 5.54. The monoisotopic (exact) mass is 232 g/mol. The Hall–Kier alpha value is -1.81. The summed E-state index contributed by atoms with van der Waals surface area (Å²) in [5.74, 6) is 1.74. The summed E-state index contributed by atoms with van der Waals surface area (Å²) in [6.07, 6.45) is 0. The fourth-order valence-electron chi connectivity index (χ4n) is 1.47. The van der Waals surface area contributed by atoms with Gasteiger partial charge in [0.25, 0.3) is 0 Å². The lowest BCUT2D eigenvalue weighted by atomic mass is 10.3. The Morgan fingerprint density at radius 3 is 2.82 bits per heavy atom. The zero-order chi connectivity index (χ0) is 11.9. The van der Waals surface area contributed by atoms with Crippen molar-refractivity contribution in [3.8, 4) is 5.75 Å². The molecule has 0 amide bonds. The molecule has 1 N–H and O–H groups in total. The Kier molecular flexibility index (Phi) is 4.16. The molecule has 0 saturated carbocycles. The van der Waals surface area contributed by atoms with Crippen molar-refractivity contribution in [3.05, 3.63) is 47.9 Å². The molecule has 2 rings (SSSR count). The van der Waals surface area contributed by atoms with E-state index in [1.807, 2.05) is 43.3 Å². The van der Waals surface area contributed by atoms with Crippen molar-refractivity contribution in [2.75, 3.05) is 13.2 Å². The highest BCUT2D eigenvalue weighted by molar-refractivity contribution is 5.20. The van der Waals surface area contributed by atoms with E-state index in [1.165, 1.54) is 0 Å². The molecule has 0 aliphatic heterocycles. The van der Waals surface area contributed by atoms with E-state index in [0.717, 1.165) is 23.7 Å². The van der Waals surface area contributed by atoms with Gasteiger partial charge in [-0.05, 0) is 19.1 Å². The Morgan fingerprint density at radius 2 is 2.12 bits per heavy atom. The van der Waals surface area contributed by atoms with Gasteiger partial charge in [-0.3, -0.25) is 0 Å². The topological polar surface area (TPSA) is 47.3 Å². The molecule has 2 aromatic rings. The number of benzene rings is 1. The van der Waals surface area contributed by atoms with Crippen molar-refractivity contribution in [2.45, 2.75) is 13.5 Å². The summed E-state index contributed by atoms with van der Waals surface area (Å²) in [4.78, 5) is 0. The molecule has 4 heteroatoms. The van der Waals surface area contributed by atoms with Gasteiger partial charge in [0.1, 0.15) is 12.4 Å². The van der Waals surface area contributed by atoms with E-state index in [2.05, 4.69) is 10.5 Å². The van der Waals surface area contributed by atoms with Crippen LogP contribution in [-0.4, -0.2) is 18.3 Å². The molecule has 1 aromatic carbocycles. The van der Waals surface area contributed by atoms with Crippen LogP contribution in [0.15, 0.2) is 40.9 Å². The summed E-state index contributed by atoms with van der Waals surface area (Å²) in [6.45, 7) is 4.00. The number of nitrogens with zero attached hydrogens (tertiary/aromatic N) is 1. The first-order chi connectivity index (χ1) is 8.34. The third-order valence-corrected chi connectivity index (χ3v) is 2.27. The molecule has 0 spiro atoms. The third-order valence-electron chi connectivity index (χ3n) is 2.27. The van der Waals surface area contributed by atoms with Gasteiger partial charge in [-0.25, -0.2) is 0 Å². The molecule has 0 bridgehead atoms. The van der Waals surface area contributed by atoms with Gasteiger partial charge in [-0.2, -0.15) is 0 Å². The largest absolute Gasteiger partial charge is 0.492 e. The number of rotatable bonds is 6. The van der Waals surface area contributed by atoms with Crippen LogP contribution in [-0.2, 0) is 6.54 Å². The maximum absolute atomic E-state index is 5.54. The van der Waals surface area contributed by atoms with Gasteiger partial charge in [-0.1, -0.05) is 23.4 Å². The van der Waals surface area contributed by atoms with Crippen molar-refractivity contribution >= 4 is 0 Å². The molecule has 1 heterocycles. The summed E-state index contributed by atoms with van der Waals surface area (Å²) in [7, 11) is 0. The second-order valence-corrected chi connectivity index (χ2v) is 3.77.